The van der Waals surface area contributed by atoms with E-state index in [4.69, 9.17) is 9.47 Å². The molecule has 0 amide bonds. The van der Waals surface area contributed by atoms with Crippen molar-refractivity contribution in [2.75, 3.05) is 0 Å². The maximum Gasteiger partial charge on any atom is 0.316 e. The molecule has 0 N–H and O–H groups in total. The average Bonchev–Trinajstić information content (AvgIpc) is 3.63. The van der Waals surface area contributed by atoms with E-state index in [1.54, 1.807) is 24.3 Å². The highest BCUT2D eigenvalue weighted by molar-refractivity contribution is 5.84. The summed E-state index contributed by atoms with van der Waals surface area (Å²) in [5, 5.41) is 0. The standard InChI is InChI=1S/C32H32F2O4/c33-27-9-5-7-25(19-27)31(15-1-2-16-31)29(35)37-21-23-11-13-24(14-12-23)22-38-30(36)32(17-3-4-18-32)26-8-6-10-28(34)20-26/h5-14,19-20H,1-4,15-18,21-22H2. The van der Waals surface area contributed by atoms with Crippen LogP contribution < -0.4 is 0 Å². The highest BCUT2D eigenvalue weighted by atomic mass is 19.1. The molecule has 0 saturated heterocycles. The van der Waals surface area contributed by atoms with Gasteiger partial charge in [0.1, 0.15) is 24.8 Å². The van der Waals surface area contributed by atoms with Gasteiger partial charge < -0.3 is 9.47 Å². The third-order valence-corrected chi connectivity index (χ3v) is 8.21. The monoisotopic (exact) mass is 518 g/mol. The van der Waals surface area contributed by atoms with Crippen molar-refractivity contribution in [1.29, 1.82) is 0 Å². The van der Waals surface area contributed by atoms with Crippen molar-refractivity contribution >= 4 is 11.9 Å². The Balaban J connectivity index is 1.19. The smallest absolute Gasteiger partial charge is 0.316 e. The second kappa shape index (κ2) is 11.1. The van der Waals surface area contributed by atoms with Crippen LogP contribution in [0.1, 0.15) is 73.6 Å². The molecule has 6 heteroatoms. The van der Waals surface area contributed by atoms with Crippen molar-refractivity contribution in [3.63, 3.8) is 0 Å². The first-order valence-electron chi connectivity index (χ1n) is 13.4. The molecule has 0 heterocycles. The molecule has 0 radical (unpaired) electrons. The van der Waals surface area contributed by atoms with Gasteiger partial charge in [-0.15, -0.1) is 0 Å². The van der Waals surface area contributed by atoms with E-state index < -0.39 is 10.8 Å². The lowest BCUT2D eigenvalue weighted by molar-refractivity contribution is -0.152. The summed E-state index contributed by atoms with van der Waals surface area (Å²) >= 11 is 0. The van der Waals surface area contributed by atoms with E-state index >= 15 is 0 Å². The second-order valence-corrected chi connectivity index (χ2v) is 10.6. The first kappa shape index (κ1) is 26.1. The summed E-state index contributed by atoms with van der Waals surface area (Å²) in [6.45, 7) is 0.220. The van der Waals surface area contributed by atoms with Gasteiger partial charge in [-0.2, -0.15) is 0 Å². The van der Waals surface area contributed by atoms with Gasteiger partial charge in [-0.1, -0.05) is 74.2 Å². The Kier molecular flexibility index (Phi) is 7.59. The van der Waals surface area contributed by atoms with Crippen LogP contribution in [-0.2, 0) is 43.1 Å². The maximum atomic E-state index is 13.9. The zero-order valence-electron chi connectivity index (χ0n) is 21.4. The Labute approximate surface area is 222 Å². The molecule has 4 nitrogen and oxygen atoms in total. The van der Waals surface area contributed by atoms with Crippen LogP contribution in [0.5, 0.6) is 0 Å². The van der Waals surface area contributed by atoms with Crippen LogP contribution >= 0.6 is 0 Å². The largest absolute Gasteiger partial charge is 0.460 e. The van der Waals surface area contributed by atoms with Crippen LogP contribution in [0, 0.1) is 11.6 Å². The molecule has 2 aliphatic carbocycles. The molecule has 3 aromatic carbocycles. The molecule has 0 unspecified atom stereocenters. The lowest BCUT2D eigenvalue weighted by Gasteiger charge is -2.27. The number of hydrogen-bond acceptors (Lipinski definition) is 4. The Morgan fingerprint density at radius 1 is 0.605 bits per heavy atom. The van der Waals surface area contributed by atoms with E-state index in [-0.39, 0.29) is 36.8 Å². The molecule has 5 rings (SSSR count). The van der Waals surface area contributed by atoms with Gasteiger partial charge in [0.2, 0.25) is 0 Å². The number of carbonyl (C=O) groups is 2. The van der Waals surface area contributed by atoms with E-state index in [1.807, 2.05) is 24.3 Å². The summed E-state index contributed by atoms with van der Waals surface area (Å²) in [6, 6.07) is 19.9. The summed E-state index contributed by atoms with van der Waals surface area (Å²) in [4.78, 5) is 26.3. The molecule has 0 spiro atoms. The van der Waals surface area contributed by atoms with E-state index in [0.29, 0.717) is 36.8 Å². The zero-order chi connectivity index (χ0) is 26.6. The quantitative estimate of drug-likeness (QED) is 0.299. The summed E-state index contributed by atoms with van der Waals surface area (Å²) in [5.41, 5.74) is 1.38. The fourth-order valence-electron chi connectivity index (χ4n) is 6.06. The SMILES string of the molecule is O=C(OCc1ccc(COC(=O)C2(c3cccc(F)c3)CCCC2)cc1)C1(c2cccc(F)c2)CCCC1. The first-order valence-corrected chi connectivity index (χ1v) is 13.4. The molecular formula is C32H32F2O4. The molecule has 38 heavy (non-hydrogen) atoms. The van der Waals surface area contributed by atoms with Crippen molar-refractivity contribution < 1.29 is 27.8 Å². The van der Waals surface area contributed by atoms with Gasteiger partial charge in [0, 0.05) is 0 Å². The minimum atomic E-state index is -0.798. The minimum Gasteiger partial charge on any atom is -0.460 e. The molecule has 2 fully saturated rings. The molecular weight excluding hydrogens is 486 g/mol. The molecule has 2 aliphatic rings. The Morgan fingerprint density at radius 2 is 0.974 bits per heavy atom. The molecule has 0 atom stereocenters. The van der Waals surface area contributed by atoms with Crippen LogP contribution in [0.3, 0.4) is 0 Å². The topological polar surface area (TPSA) is 52.6 Å². The van der Waals surface area contributed by atoms with Gasteiger partial charge in [0.15, 0.2) is 0 Å². The number of ether oxygens (including phenoxy) is 2. The minimum absolute atomic E-state index is 0.110. The summed E-state index contributed by atoms with van der Waals surface area (Å²) < 4.78 is 39.2. The Bertz CT molecular complexity index is 1190. The van der Waals surface area contributed by atoms with E-state index in [9.17, 15) is 18.4 Å². The van der Waals surface area contributed by atoms with E-state index in [1.165, 1.54) is 24.3 Å². The van der Waals surface area contributed by atoms with Crippen LogP contribution in [0.2, 0.25) is 0 Å². The van der Waals surface area contributed by atoms with Crippen LogP contribution in [0.4, 0.5) is 8.78 Å². The molecule has 2 saturated carbocycles. The number of benzene rings is 3. The fraction of sp³-hybridized carbons (Fsp3) is 0.375. The number of esters is 2. The summed E-state index contributed by atoms with van der Waals surface area (Å²) in [7, 11) is 0. The lowest BCUT2D eigenvalue weighted by atomic mass is 9.79. The third-order valence-electron chi connectivity index (χ3n) is 8.21. The highest BCUT2D eigenvalue weighted by Crippen LogP contribution is 2.43. The van der Waals surface area contributed by atoms with E-state index in [0.717, 1.165) is 36.8 Å². The molecule has 3 aromatic rings. The van der Waals surface area contributed by atoms with Crippen molar-refractivity contribution in [2.45, 2.75) is 75.4 Å². The van der Waals surface area contributed by atoms with Gasteiger partial charge in [-0.25, -0.2) is 8.78 Å². The average molecular weight is 519 g/mol. The van der Waals surface area contributed by atoms with Gasteiger partial charge >= 0.3 is 11.9 Å². The predicted octanol–water partition coefficient (Wildman–Crippen LogP) is 7.08. The lowest BCUT2D eigenvalue weighted by Crippen LogP contribution is -2.34. The molecule has 198 valence electrons. The predicted molar refractivity (Wildman–Crippen MR) is 139 cm³/mol. The maximum absolute atomic E-state index is 13.9. The van der Waals surface area contributed by atoms with Crippen LogP contribution in [0.25, 0.3) is 0 Å². The van der Waals surface area contributed by atoms with Gasteiger partial charge in [0.25, 0.3) is 0 Å². The molecule has 0 bridgehead atoms. The van der Waals surface area contributed by atoms with Gasteiger partial charge in [-0.3, -0.25) is 9.59 Å². The number of carbonyl (C=O) groups excluding carboxylic acids is 2. The Morgan fingerprint density at radius 3 is 1.32 bits per heavy atom. The third kappa shape index (κ3) is 5.22. The highest BCUT2D eigenvalue weighted by Gasteiger charge is 2.45. The van der Waals surface area contributed by atoms with Crippen LogP contribution in [0.15, 0.2) is 72.8 Å². The Hall–Kier alpha value is -3.54. The van der Waals surface area contributed by atoms with Gasteiger partial charge in [-0.05, 0) is 72.2 Å². The van der Waals surface area contributed by atoms with Gasteiger partial charge in [0.05, 0.1) is 10.8 Å². The number of halogens is 2. The number of rotatable bonds is 8. The van der Waals surface area contributed by atoms with Crippen molar-refractivity contribution in [1.82, 2.24) is 0 Å². The van der Waals surface area contributed by atoms with Crippen molar-refractivity contribution in [3.05, 3.63) is 107 Å². The zero-order valence-corrected chi connectivity index (χ0v) is 21.4. The first-order chi connectivity index (χ1) is 18.4. The number of hydrogen-bond donors (Lipinski definition) is 0. The fourth-order valence-corrected chi connectivity index (χ4v) is 6.06. The molecule has 0 aliphatic heterocycles. The summed E-state index contributed by atoms with van der Waals surface area (Å²) in [5.74, 6) is -1.35. The molecule has 0 aromatic heterocycles. The van der Waals surface area contributed by atoms with Crippen LogP contribution in [-0.4, -0.2) is 11.9 Å². The summed E-state index contributed by atoms with van der Waals surface area (Å²) in [6.07, 6.45) is 6.21. The van der Waals surface area contributed by atoms with Crippen molar-refractivity contribution in [2.24, 2.45) is 0 Å². The van der Waals surface area contributed by atoms with E-state index in [2.05, 4.69) is 0 Å². The second-order valence-electron chi connectivity index (χ2n) is 10.6. The van der Waals surface area contributed by atoms with Crippen molar-refractivity contribution in [3.8, 4) is 0 Å². The normalized spacial score (nSPS) is 17.7.